The van der Waals surface area contributed by atoms with Crippen molar-refractivity contribution in [3.8, 4) is 0 Å². The number of nitrogens with zero attached hydrogens (tertiary/aromatic N) is 1. The van der Waals surface area contributed by atoms with Gasteiger partial charge in [-0.1, -0.05) is 0 Å². The van der Waals surface area contributed by atoms with Gasteiger partial charge in [-0.2, -0.15) is 0 Å². The van der Waals surface area contributed by atoms with Crippen LogP contribution in [0.5, 0.6) is 0 Å². The molecule has 3 heterocycles. The minimum Gasteiger partial charge on any atom is -0.381 e. The highest BCUT2D eigenvalue weighted by Gasteiger charge is 2.54. The number of fused-ring (bicyclic) bond motifs is 1. The number of carbonyl (C=O) groups excluding carboxylic acids is 2. The van der Waals surface area contributed by atoms with Crippen molar-refractivity contribution >= 4 is 11.8 Å². The molecule has 2 N–H and O–H groups in total. The quantitative estimate of drug-likeness (QED) is 0.813. The number of ether oxygens (including phenoxy) is 1. The van der Waals surface area contributed by atoms with Crippen LogP contribution in [0.25, 0.3) is 0 Å². The molecule has 2 fully saturated rings. The zero-order valence-electron chi connectivity index (χ0n) is 11.5. The van der Waals surface area contributed by atoms with Gasteiger partial charge in [0.15, 0.2) is 0 Å². The molecular formula is C14H19N3O3. The molecule has 1 aromatic heterocycles. The molecule has 0 spiro atoms. The molecule has 6 heteroatoms. The van der Waals surface area contributed by atoms with E-state index in [9.17, 15) is 9.59 Å². The molecule has 2 amide bonds. The lowest BCUT2D eigenvalue weighted by Gasteiger charge is -2.36. The molecule has 108 valence electrons. The molecule has 2 aliphatic heterocycles. The fourth-order valence-electron chi connectivity index (χ4n) is 3.36. The van der Waals surface area contributed by atoms with Gasteiger partial charge in [0, 0.05) is 45.1 Å². The Bertz CT molecular complexity index is 514. The van der Waals surface area contributed by atoms with Gasteiger partial charge in [-0.15, -0.1) is 0 Å². The van der Waals surface area contributed by atoms with E-state index >= 15 is 0 Å². The zero-order chi connectivity index (χ0) is 14.2. The number of carbonyl (C=O) groups is 2. The largest absolute Gasteiger partial charge is 0.381 e. The number of aromatic nitrogens is 1. The molecule has 2 saturated heterocycles. The fourth-order valence-corrected chi connectivity index (χ4v) is 3.36. The molecule has 6 nitrogen and oxygen atoms in total. The maximum atomic E-state index is 12.4. The second-order valence-electron chi connectivity index (χ2n) is 5.54. The third-order valence-electron chi connectivity index (χ3n) is 4.52. The summed E-state index contributed by atoms with van der Waals surface area (Å²) in [6, 6.07) is 1.76. The van der Waals surface area contributed by atoms with Gasteiger partial charge in [0.1, 0.15) is 0 Å². The summed E-state index contributed by atoms with van der Waals surface area (Å²) in [6.45, 7) is 2.18. The Labute approximate surface area is 117 Å². The molecule has 0 bridgehead atoms. The van der Waals surface area contributed by atoms with Crippen molar-refractivity contribution in [2.24, 2.45) is 11.3 Å². The highest BCUT2D eigenvalue weighted by Crippen LogP contribution is 2.42. The van der Waals surface area contributed by atoms with Crippen LogP contribution in [0.2, 0.25) is 0 Å². The third kappa shape index (κ3) is 1.91. The molecule has 3 rings (SSSR count). The molecule has 0 aliphatic carbocycles. The molecular weight excluding hydrogens is 258 g/mol. The first-order valence-corrected chi connectivity index (χ1v) is 6.89. The summed E-state index contributed by atoms with van der Waals surface area (Å²) < 4.78 is 5.50. The molecule has 1 aromatic rings. The molecule has 2 atom stereocenters. The number of hydrogen-bond acceptors (Lipinski definition) is 3. The molecule has 0 aromatic carbocycles. The lowest BCUT2D eigenvalue weighted by atomic mass is 9.73. The van der Waals surface area contributed by atoms with Gasteiger partial charge in [0.05, 0.1) is 17.6 Å². The number of likely N-dealkylation sites (tertiary alicyclic amines) is 1. The van der Waals surface area contributed by atoms with Crippen LogP contribution in [0.4, 0.5) is 0 Å². The standard InChI is InChI=1S/C14H19N3O3/c1-15-13(19)14-3-5-20-8-11(14)7-17(9-14)12(18)10-2-4-16-6-10/h2,4,6,11,16H,3,5,7-9H2,1H3,(H,15,19)/t11-,14+/m1/s1. The van der Waals surface area contributed by atoms with E-state index in [4.69, 9.17) is 4.74 Å². The summed E-state index contributed by atoms with van der Waals surface area (Å²) in [4.78, 5) is 29.4. The van der Waals surface area contributed by atoms with E-state index < -0.39 is 5.41 Å². The fraction of sp³-hybridized carbons (Fsp3) is 0.571. The van der Waals surface area contributed by atoms with Crippen molar-refractivity contribution in [1.82, 2.24) is 15.2 Å². The van der Waals surface area contributed by atoms with E-state index in [1.165, 1.54) is 0 Å². The van der Waals surface area contributed by atoms with Crippen LogP contribution in [0.1, 0.15) is 16.8 Å². The van der Waals surface area contributed by atoms with Crippen LogP contribution in [0.15, 0.2) is 18.5 Å². The SMILES string of the molecule is CNC(=O)[C@]12CCOC[C@H]1CN(C(=O)c1cc[nH]c1)C2. The Morgan fingerprint density at radius 2 is 2.40 bits per heavy atom. The number of hydrogen-bond donors (Lipinski definition) is 2. The second-order valence-corrected chi connectivity index (χ2v) is 5.54. The van der Waals surface area contributed by atoms with Crippen LogP contribution < -0.4 is 5.32 Å². The Hall–Kier alpha value is -1.82. The summed E-state index contributed by atoms with van der Waals surface area (Å²) in [5.74, 6) is 0.0817. The Balaban J connectivity index is 1.84. The first-order chi connectivity index (χ1) is 9.67. The van der Waals surface area contributed by atoms with Gasteiger partial charge >= 0.3 is 0 Å². The second kappa shape index (κ2) is 4.94. The summed E-state index contributed by atoms with van der Waals surface area (Å²) in [5, 5.41) is 2.75. The van der Waals surface area contributed by atoms with Crippen molar-refractivity contribution < 1.29 is 14.3 Å². The first kappa shape index (κ1) is 13.2. The van der Waals surface area contributed by atoms with Gasteiger partial charge in [-0.05, 0) is 12.5 Å². The Morgan fingerprint density at radius 1 is 1.55 bits per heavy atom. The van der Waals surface area contributed by atoms with Gasteiger partial charge < -0.3 is 19.9 Å². The Morgan fingerprint density at radius 3 is 3.10 bits per heavy atom. The van der Waals surface area contributed by atoms with Crippen molar-refractivity contribution in [2.75, 3.05) is 33.4 Å². The third-order valence-corrected chi connectivity index (χ3v) is 4.52. The van der Waals surface area contributed by atoms with E-state index in [1.807, 2.05) is 0 Å². The molecule has 0 radical (unpaired) electrons. The van der Waals surface area contributed by atoms with Crippen LogP contribution in [-0.4, -0.2) is 55.0 Å². The summed E-state index contributed by atoms with van der Waals surface area (Å²) in [7, 11) is 1.65. The van der Waals surface area contributed by atoms with Crippen molar-refractivity contribution in [3.63, 3.8) is 0 Å². The van der Waals surface area contributed by atoms with E-state index in [1.54, 1.807) is 30.4 Å². The molecule has 0 unspecified atom stereocenters. The number of aromatic amines is 1. The number of rotatable bonds is 2. The zero-order valence-corrected chi connectivity index (χ0v) is 11.5. The molecule has 2 aliphatic rings. The number of amides is 2. The minimum absolute atomic E-state index is 0.0233. The normalized spacial score (nSPS) is 29.1. The predicted molar refractivity (Wildman–Crippen MR) is 72.1 cm³/mol. The predicted octanol–water partition coefficient (Wildman–Crippen LogP) is 0.239. The van der Waals surface area contributed by atoms with Crippen molar-refractivity contribution in [2.45, 2.75) is 6.42 Å². The van der Waals surface area contributed by atoms with Gasteiger partial charge in [-0.3, -0.25) is 9.59 Å². The van der Waals surface area contributed by atoms with Crippen LogP contribution in [0.3, 0.4) is 0 Å². The average molecular weight is 277 g/mol. The van der Waals surface area contributed by atoms with E-state index in [0.29, 0.717) is 38.3 Å². The van der Waals surface area contributed by atoms with Crippen molar-refractivity contribution in [1.29, 1.82) is 0 Å². The molecule has 20 heavy (non-hydrogen) atoms. The number of nitrogens with one attached hydrogen (secondary N) is 2. The van der Waals surface area contributed by atoms with Gasteiger partial charge in [0.2, 0.25) is 5.91 Å². The lowest BCUT2D eigenvalue weighted by molar-refractivity contribution is -0.138. The maximum Gasteiger partial charge on any atom is 0.255 e. The maximum absolute atomic E-state index is 12.4. The highest BCUT2D eigenvalue weighted by molar-refractivity contribution is 5.95. The van der Waals surface area contributed by atoms with E-state index in [2.05, 4.69) is 10.3 Å². The van der Waals surface area contributed by atoms with Crippen LogP contribution in [0, 0.1) is 11.3 Å². The van der Waals surface area contributed by atoms with E-state index in [-0.39, 0.29) is 17.7 Å². The topological polar surface area (TPSA) is 74.4 Å². The first-order valence-electron chi connectivity index (χ1n) is 6.89. The van der Waals surface area contributed by atoms with Gasteiger partial charge in [-0.25, -0.2) is 0 Å². The van der Waals surface area contributed by atoms with Crippen LogP contribution in [-0.2, 0) is 9.53 Å². The van der Waals surface area contributed by atoms with Crippen LogP contribution >= 0.6 is 0 Å². The van der Waals surface area contributed by atoms with E-state index in [0.717, 1.165) is 0 Å². The Kier molecular flexibility index (Phi) is 3.25. The van der Waals surface area contributed by atoms with Gasteiger partial charge in [0.25, 0.3) is 5.91 Å². The van der Waals surface area contributed by atoms with Crippen molar-refractivity contribution in [3.05, 3.63) is 24.0 Å². The average Bonchev–Trinajstić information content (AvgIpc) is 3.13. The summed E-state index contributed by atoms with van der Waals surface area (Å²) in [5.41, 5.74) is 0.149. The molecule has 0 saturated carbocycles. The lowest BCUT2D eigenvalue weighted by Crippen LogP contribution is -2.49. The number of H-pyrrole nitrogens is 1. The highest BCUT2D eigenvalue weighted by atomic mass is 16.5. The minimum atomic E-state index is -0.487. The smallest absolute Gasteiger partial charge is 0.255 e. The summed E-state index contributed by atoms with van der Waals surface area (Å²) in [6.07, 6.45) is 4.09. The monoisotopic (exact) mass is 277 g/mol. The summed E-state index contributed by atoms with van der Waals surface area (Å²) >= 11 is 0.